The van der Waals surface area contributed by atoms with E-state index in [1.165, 1.54) is 12.8 Å². The second kappa shape index (κ2) is 4.85. The number of nitrogens with two attached hydrogens (primary N) is 1. The van der Waals surface area contributed by atoms with Crippen molar-refractivity contribution >= 4 is 11.7 Å². The van der Waals surface area contributed by atoms with Crippen LogP contribution in [0.3, 0.4) is 0 Å². The Balaban J connectivity index is 1.64. The molecule has 2 bridgehead atoms. The molecule has 2 fully saturated rings. The monoisotopic (exact) mass is 263 g/mol. The summed E-state index contributed by atoms with van der Waals surface area (Å²) in [4.78, 5) is 16.7. The van der Waals surface area contributed by atoms with Gasteiger partial charge in [-0.05, 0) is 32.4 Å². The largest absolute Gasteiger partial charge is 0.382 e. The number of nitrogens with zero attached hydrogens (tertiary/aromatic N) is 4. The van der Waals surface area contributed by atoms with E-state index < -0.39 is 0 Å². The van der Waals surface area contributed by atoms with Gasteiger partial charge in [0.1, 0.15) is 12.4 Å². The SMILES string of the molecule is CN1C2CCC1CN(C(=O)Cn1ccc(N)n1)CC2. The Hall–Kier alpha value is -1.56. The Labute approximate surface area is 113 Å². The van der Waals surface area contributed by atoms with Crippen molar-refractivity contribution in [1.82, 2.24) is 19.6 Å². The Kier molecular flexibility index (Phi) is 3.18. The van der Waals surface area contributed by atoms with E-state index in [0.29, 0.717) is 17.9 Å². The molecule has 1 aromatic heterocycles. The first kappa shape index (κ1) is 12.5. The van der Waals surface area contributed by atoms with Gasteiger partial charge in [-0.1, -0.05) is 0 Å². The Morgan fingerprint density at radius 3 is 2.95 bits per heavy atom. The lowest BCUT2D eigenvalue weighted by Crippen LogP contribution is -2.41. The highest BCUT2D eigenvalue weighted by molar-refractivity contribution is 5.76. The van der Waals surface area contributed by atoms with E-state index in [-0.39, 0.29) is 12.5 Å². The molecule has 2 unspecified atom stereocenters. The highest BCUT2D eigenvalue weighted by Gasteiger charge is 2.35. The van der Waals surface area contributed by atoms with Crippen LogP contribution in [-0.4, -0.2) is 57.7 Å². The van der Waals surface area contributed by atoms with E-state index in [1.807, 2.05) is 4.90 Å². The van der Waals surface area contributed by atoms with Crippen LogP contribution in [0.25, 0.3) is 0 Å². The van der Waals surface area contributed by atoms with E-state index in [4.69, 9.17) is 5.73 Å². The third-order valence-corrected chi connectivity index (χ3v) is 4.46. The molecule has 2 N–H and O–H groups in total. The average molecular weight is 263 g/mol. The minimum Gasteiger partial charge on any atom is -0.382 e. The van der Waals surface area contributed by atoms with Crippen LogP contribution in [0.15, 0.2) is 12.3 Å². The smallest absolute Gasteiger partial charge is 0.244 e. The minimum absolute atomic E-state index is 0.143. The highest BCUT2D eigenvalue weighted by Crippen LogP contribution is 2.28. The van der Waals surface area contributed by atoms with Gasteiger partial charge < -0.3 is 10.6 Å². The lowest BCUT2D eigenvalue weighted by Gasteiger charge is -2.25. The summed E-state index contributed by atoms with van der Waals surface area (Å²) >= 11 is 0. The first-order chi connectivity index (χ1) is 9.13. The first-order valence-corrected chi connectivity index (χ1v) is 6.92. The molecule has 0 saturated carbocycles. The molecular formula is C13H21N5O. The standard InChI is InChI=1S/C13H21N5O/c1-16-10-2-3-11(16)8-17(6-4-10)13(19)9-18-7-5-12(14)15-18/h5,7,10-11H,2-4,6,8-9H2,1H3,(H2,14,15). The van der Waals surface area contributed by atoms with Crippen molar-refractivity contribution in [1.29, 1.82) is 0 Å². The van der Waals surface area contributed by atoms with Gasteiger partial charge in [0.25, 0.3) is 0 Å². The van der Waals surface area contributed by atoms with Crippen LogP contribution in [0.5, 0.6) is 0 Å². The van der Waals surface area contributed by atoms with E-state index in [1.54, 1.807) is 16.9 Å². The molecule has 0 spiro atoms. The minimum atomic E-state index is 0.143. The number of nitrogen functional groups attached to an aromatic ring is 1. The molecule has 2 aliphatic heterocycles. The number of aromatic nitrogens is 2. The second-order valence-corrected chi connectivity index (χ2v) is 5.62. The number of fused-ring (bicyclic) bond motifs is 2. The maximum absolute atomic E-state index is 12.3. The van der Waals surface area contributed by atoms with Crippen LogP contribution < -0.4 is 5.73 Å². The van der Waals surface area contributed by atoms with Crippen LogP contribution in [0.4, 0.5) is 5.82 Å². The molecule has 104 valence electrons. The molecule has 2 saturated heterocycles. The highest BCUT2D eigenvalue weighted by atomic mass is 16.2. The Morgan fingerprint density at radius 1 is 1.42 bits per heavy atom. The van der Waals surface area contributed by atoms with Gasteiger partial charge in [0.2, 0.25) is 5.91 Å². The van der Waals surface area contributed by atoms with Crippen LogP contribution in [0.2, 0.25) is 0 Å². The average Bonchev–Trinajstić information content (AvgIpc) is 2.84. The van der Waals surface area contributed by atoms with E-state index in [0.717, 1.165) is 19.5 Å². The van der Waals surface area contributed by atoms with Crippen molar-refractivity contribution in [2.24, 2.45) is 0 Å². The summed E-state index contributed by atoms with van der Waals surface area (Å²) in [6, 6.07) is 2.90. The summed E-state index contributed by atoms with van der Waals surface area (Å²) in [5.74, 6) is 0.603. The van der Waals surface area contributed by atoms with Gasteiger partial charge in [-0.25, -0.2) is 0 Å². The van der Waals surface area contributed by atoms with Gasteiger partial charge in [-0.2, -0.15) is 5.10 Å². The fourth-order valence-electron chi connectivity index (χ4n) is 3.24. The molecule has 2 atom stereocenters. The van der Waals surface area contributed by atoms with Crippen LogP contribution in [-0.2, 0) is 11.3 Å². The molecule has 1 aromatic rings. The molecule has 6 nitrogen and oxygen atoms in total. The van der Waals surface area contributed by atoms with Gasteiger partial charge in [-0.15, -0.1) is 0 Å². The molecule has 0 aromatic carbocycles. The van der Waals surface area contributed by atoms with Crippen molar-refractivity contribution < 1.29 is 4.79 Å². The number of likely N-dealkylation sites (N-methyl/N-ethyl adjacent to an activating group) is 1. The summed E-state index contributed by atoms with van der Waals surface area (Å²) in [5.41, 5.74) is 5.56. The Morgan fingerprint density at radius 2 is 2.21 bits per heavy atom. The molecule has 6 heteroatoms. The number of hydrogen-bond donors (Lipinski definition) is 1. The number of likely N-dealkylation sites (tertiary alicyclic amines) is 1. The zero-order valence-electron chi connectivity index (χ0n) is 11.3. The number of anilines is 1. The predicted molar refractivity (Wildman–Crippen MR) is 72.4 cm³/mol. The molecule has 2 aliphatic rings. The molecule has 0 aliphatic carbocycles. The normalized spacial score (nSPS) is 27.5. The molecule has 19 heavy (non-hydrogen) atoms. The summed E-state index contributed by atoms with van der Waals surface area (Å²) in [7, 11) is 2.19. The van der Waals surface area contributed by atoms with Crippen LogP contribution in [0.1, 0.15) is 19.3 Å². The lowest BCUT2D eigenvalue weighted by atomic mass is 10.1. The number of carbonyl (C=O) groups is 1. The van der Waals surface area contributed by atoms with Crippen LogP contribution >= 0.6 is 0 Å². The third-order valence-electron chi connectivity index (χ3n) is 4.46. The number of amides is 1. The second-order valence-electron chi connectivity index (χ2n) is 5.62. The van der Waals surface area contributed by atoms with E-state index in [2.05, 4.69) is 17.0 Å². The van der Waals surface area contributed by atoms with Crippen molar-refractivity contribution in [2.45, 2.75) is 37.9 Å². The molecular weight excluding hydrogens is 242 g/mol. The topological polar surface area (TPSA) is 67.4 Å². The number of hydrogen-bond acceptors (Lipinski definition) is 4. The molecule has 3 heterocycles. The first-order valence-electron chi connectivity index (χ1n) is 6.92. The maximum Gasteiger partial charge on any atom is 0.244 e. The molecule has 3 rings (SSSR count). The summed E-state index contributed by atoms with van der Waals surface area (Å²) in [6.07, 6.45) is 5.32. The zero-order valence-corrected chi connectivity index (χ0v) is 11.3. The predicted octanol–water partition coefficient (Wildman–Crippen LogP) is 0.160. The summed E-state index contributed by atoms with van der Waals surface area (Å²) in [6.45, 7) is 2.00. The van der Waals surface area contributed by atoms with E-state index >= 15 is 0 Å². The summed E-state index contributed by atoms with van der Waals surface area (Å²) < 4.78 is 1.62. The Bertz CT molecular complexity index is 471. The van der Waals surface area contributed by atoms with Gasteiger partial charge in [0, 0.05) is 31.4 Å². The fourth-order valence-corrected chi connectivity index (χ4v) is 3.24. The molecule has 1 amide bonds. The number of rotatable bonds is 2. The van der Waals surface area contributed by atoms with Crippen LogP contribution in [0, 0.1) is 0 Å². The van der Waals surface area contributed by atoms with Gasteiger partial charge in [0.05, 0.1) is 0 Å². The third kappa shape index (κ3) is 2.45. The van der Waals surface area contributed by atoms with Gasteiger partial charge >= 0.3 is 0 Å². The van der Waals surface area contributed by atoms with Gasteiger partial charge in [-0.3, -0.25) is 14.4 Å². The van der Waals surface area contributed by atoms with Gasteiger partial charge in [0.15, 0.2) is 0 Å². The fraction of sp³-hybridized carbons (Fsp3) is 0.692. The summed E-state index contributed by atoms with van der Waals surface area (Å²) in [5, 5.41) is 4.07. The maximum atomic E-state index is 12.3. The molecule has 0 radical (unpaired) electrons. The van der Waals surface area contributed by atoms with Crippen molar-refractivity contribution in [3.05, 3.63) is 12.3 Å². The quantitative estimate of drug-likeness (QED) is 0.825. The van der Waals surface area contributed by atoms with Crippen molar-refractivity contribution in [3.63, 3.8) is 0 Å². The van der Waals surface area contributed by atoms with E-state index in [9.17, 15) is 4.79 Å². The lowest BCUT2D eigenvalue weighted by molar-refractivity contribution is -0.132. The van der Waals surface area contributed by atoms with Crippen molar-refractivity contribution in [3.8, 4) is 0 Å². The zero-order chi connectivity index (χ0) is 13.4. The number of carbonyl (C=O) groups excluding carboxylic acids is 1. The van der Waals surface area contributed by atoms with Crippen molar-refractivity contribution in [2.75, 3.05) is 25.9 Å².